The summed E-state index contributed by atoms with van der Waals surface area (Å²) in [6, 6.07) is 0. The van der Waals surface area contributed by atoms with Crippen molar-refractivity contribution in [1.29, 1.82) is 0 Å². The lowest BCUT2D eigenvalue weighted by Gasteiger charge is -2.18. The maximum absolute atomic E-state index is 11.9. The van der Waals surface area contributed by atoms with Gasteiger partial charge < -0.3 is 9.47 Å². The van der Waals surface area contributed by atoms with E-state index in [4.69, 9.17) is 9.47 Å². The van der Waals surface area contributed by atoms with Gasteiger partial charge in [0.1, 0.15) is 5.60 Å². The van der Waals surface area contributed by atoms with E-state index in [1.807, 2.05) is 34.6 Å². The van der Waals surface area contributed by atoms with Gasteiger partial charge in [-0.15, -0.1) is 5.10 Å². The summed E-state index contributed by atoms with van der Waals surface area (Å²) in [4.78, 5) is 11.9. The van der Waals surface area contributed by atoms with Gasteiger partial charge in [-0.1, -0.05) is 5.21 Å². The van der Waals surface area contributed by atoms with Gasteiger partial charge in [0.25, 0.3) is 0 Å². The van der Waals surface area contributed by atoms with Crippen molar-refractivity contribution < 1.29 is 14.3 Å². The predicted molar refractivity (Wildman–Crippen MR) is 71.0 cm³/mol. The van der Waals surface area contributed by atoms with Crippen LogP contribution < -0.4 is 0 Å². The third kappa shape index (κ3) is 4.98. The van der Waals surface area contributed by atoms with Crippen LogP contribution in [0.4, 0.5) is 0 Å². The number of hydrogen-bond donors (Lipinski definition) is 0. The second kappa shape index (κ2) is 6.65. The molecule has 1 aromatic heterocycles. The zero-order chi connectivity index (χ0) is 14.5. The molecule has 108 valence electrons. The summed E-state index contributed by atoms with van der Waals surface area (Å²) in [6.07, 6.45) is 0.839. The molecule has 0 spiro atoms. The second-order valence-electron chi connectivity index (χ2n) is 5.30. The van der Waals surface area contributed by atoms with Gasteiger partial charge in [-0.05, 0) is 41.0 Å². The summed E-state index contributed by atoms with van der Waals surface area (Å²) < 4.78 is 12.3. The van der Waals surface area contributed by atoms with Crippen molar-refractivity contribution in [1.82, 2.24) is 15.0 Å². The number of aromatic nitrogens is 3. The summed E-state index contributed by atoms with van der Waals surface area (Å²) in [5.74, 6) is -0.430. The Morgan fingerprint density at radius 2 is 2.05 bits per heavy atom. The largest absolute Gasteiger partial charge is 0.455 e. The van der Waals surface area contributed by atoms with Gasteiger partial charge in [0.2, 0.25) is 0 Å². The number of ether oxygens (including phenoxy) is 2. The molecule has 0 aliphatic carbocycles. The molecule has 0 aromatic carbocycles. The molecular weight excluding hydrogens is 246 g/mol. The van der Waals surface area contributed by atoms with Gasteiger partial charge in [-0.25, -0.2) is 9.48 Å². The number of carbonyl (C=O) groups is 1. The number of esters is 1. The molecule has 0 bridgehead atoms. The van der Waals surface area contributed by atoms with E-state index >= 15 is 0 Å². The molecule has 0 radical (unpaired) electrons. The Labute approximate surface area is 114 Å². The summed E-state index contributed by atoms with van der Waals surface area (Å²) in [5, 5.41) is 7.87. The molecule has 0 amide bonds. The average molecular weight is 269 g/mol. The summed E-state index contributed by atoms with van der Waals surface area (Å²) >= 11 is 0. The van der Waals surface area contributed by atoms with E-state index in [1.54, 1.807) is 4.68 Å². The molecule has 0 unspecified atom stereocenters. The van der Waals surface area contributed by atoms with Gasteiger partial charge in [0.15, 0.2) is 5.69 Å². The van der Waals surface area contributed by atoms with Crippen molar-refractivity contribution in [3.05, 3.63) is 11.4 Å². The van der Waals surface area contributed by atoms with E-state index in [0.717, 1.165) is 12.1 Å². The smallest absolute Gasteiger partial charge is 0.361 e. The fourth-order valence-corrected chi connectivity index (χ4v) is 1.55. The summed E-state index contributed by atoms with van der Waals surface area (Å²) in [7, 11) is 0. The number of rotatable bonds is 6. The lowest BCUT2D eigenvalue weighted by atomic mass is 10.2. The molecule has 6 nitrogen and oxygen atoms in total. The number of nitrogens with zero attached hydrogens (tertiary/aromatic N) is 3. The Bertz CT molecular complexity index is 421. The number of carbonyl (C=O) groups excluding carboxylic acids is 1. The predicted octanol–water partition coefficient (Wildman–Crippen LogP) is 1.97. The van der Waals surface area contributed by atoms with Gasteiger partial charge in [0.05, 0.1) is 5.69 Å². The van der Waals surface area contributed by atoms with Crippen LogP contribution in [0.3, 0.4) is 0 Å². The molecule has 1 rings (SSSR count). The van der Waals surface area contributed by atoms with Crippen LogP contribution in [0.1, 0.15) is 50.3 Å². The summed E-state index contributed by atoms with van der Waals surface area (Å²) in [5.41, 5.74) is 0.486. The molecule has 1 aromatic rings. The van der Waals surface area contributed by atoms with E-state index in [9.17, 15) is 4.79 Å². The molecule has 19 heavy (non-hydrogen) atoms. The molecule has 0 fully saturated rings. The first-order valence-corrected chi connectivity index (χ1v) is 6.56. The first-order valence-electron chi connectivity index (χ1n) is 6.56. The normalized spacial score (nSPS) is 11.6. The average Bonchev–Trinajstić information content (AvgIpc) is 2.64. The lowest BCUT2D eigenvalue weighted by Crippen LogP contribution is -2.24. The molecule has 0 atom stereocenters. The van der Waals surface area contributed by atoms with Crippen LogP contribution in [0.5, 0.6) is 0 Å². The Hall–Kier alpha value is -1.43. The van der Waals surface area contributed by atoms with Crippen LogP contribution in [0.15, 0.2) is 0 Å². The molecule has 0 aliphatic rings. The SMILES string of the molecule is CCOCCCn1nnc(C(=O)OC(C)(C)C)c1C. The highest BCUT2D eigenvalue weighted by Crippen LogP contribution is 2.13. The van der Waals surface area contributed by atoms with E-state index in [2.05, 4.69) is 10.3 Å². The topological polar surface area (TPSA) is 66.2 Å². The minimum atomic E-state index is -0.526. The molecule has 0 saturated carbocycles. The quantitative estimate of drug-likeness (QED) is 0.583. The summed E-state index contributed by atoms with van der Waals surface area (Å²) in [6.45, 7) is 11.3. The maximum atomic E-state index is 11.9. The standard InChI is InChI=1S/C13H23N3O3/c1-6-18-9-7-8-16-10(2)11(14-15-16)12(17)19-13(3,4)5/h6-9H2,1-5H3. The van der Waals surface area contributed by atoms with Crippen LogP contribution in [0.25, 0.3) is 0 Å². The van der Waals surface area contributed by atoms with Crippen molar-refractivity contribution in [3.63, 3.8) is 0 Å². The number of hydrogen-bond acceptors (Lipinski definition) is 5. The van der Waals surface area contributed by atoms with Crippen molar-refractivity contribution in [3.8, 4) is 0 Å². The highest BCUT2D eigenvalue weighted by molar-refractivity contribution is 5.88. The Kier molecular flexibility index (Phi) is 5.47. The van der Waals surface area contributed by atoms with E-state index in [-0.39, 0.29) is 5.69 Å². The zero-order valence-electron chi connectivity index (χ0n) is 12.4. The van der Waals surface area contributed by atoms with E-state index < -0.39 is 11.6 Å². The maximum Gasteiger partial charge on any atom is 0.361 e. The highest BCUT2D eigenvalue weighted by atomic mass is 16.6. The molecule has 0 N–H and O–H groups in total. The van der Waals surface area contributed by atoms with Crippen molar-refractivity contribution in [2.45, 2.75) is 53.2 Å². The minimum absolute atomic E-state index is 0.284. The van der Waals surface area contributed by atoms with Gasteiger partial charge in [-0.2, -0.15) is 0 Å². The van der Waals surface area contributed by atoms with Crippen LogP contribution in [0, 0.1) is 6.92 Å². The third-order valence-corrected chi connectivity index (χ3v) is 2.44. The monoisotopic (exact) mass is 269 g/mol. The lowest BCUT2D eigenvalue weighted by molar-refractivity contribution is 0.00619. The van der Waals surface area contributed by atoms with Gasteiger partial charge in [-0.3, -0.25) is 0 Å². The molecule has 1 heterocycles. The fourth-order valence-electron chi connectivity index (χ4n) is 1.55. The van der Waals surface area contributed by atoms with E-state index in [0.29, 0.717) is 19.8 Å². The Morgan fingerprint density at radius 3 is 2.63 bits per heavy atom. The second-order valence-corrected chi connectivity index (χ2v) is 5.30. The Morgan fingerprint density at radius 1 is 1.37 bits per heavy atom. The van der Waals surface area contributed by atoms with Crippen LogP contribution in [-0.4, -0.2) is 39.8 Å². The van der Waals surface area contributed by atoms with E-state index in [1.165, 1.54) is 0 Å². The first-order chi connectivity index (χ1) is 8.85. The molecule has 0 saturated heterocycles. The highest BCUT2D eigenvalue weighted by Gasteiger charge is 2.23. The molecule has 0 aliphatic heterocycles. The zero-order valence-corrected chi connectivity index (χ0v) is 12.4. The first kappa shape index (κ1) is 15.6. The number of aryl methyl sites for hydroxylation is 1. The van der Waals surface area contributed by atoms with Crippen LogP contribution in [0.2, 0.25) is 0 Å². The third-order valence-electron chi connectivity index (χ3n) is 2.44. The van der Waals surface area contributed by atoms with Crippen molar-refractivity contribution >= 4 is 5.97 Å². The Balaban J connectivity index is 2.62. The van der Waals surface area contributed by atoms with Gasteiger partial charge >= 0.3 is 5.97 Å². The van der Waals surface area contributed by atoms with Crippen LogP contribution in [-0.2, 0) is 16.0 Å². The molecular formula is C13H23N3O3. The van der Waals surface area contributed by atoms with Crippen molar-refractivity contribution in [2.24, 2.45) is 0 Å². The van der Waals surface area contributed by atoms with Crippen LogP contribution >= 0.6 is 0 Å². The van der Waals surface area contributed by atoms with Crippen molar-refractivity contribution in [2.75, 3.05) is 13.2 Å². The molecule has 6 heteroatoms. The minimum Gasteiger partial charge on any atom is -0.455 e. The van der Waals surface area contributed by atoms with Gasteiger partial charge in [0, 0.05) is 19.8 Å². The fraction of sp³-hybridized carbons (Fsp3) is 0.769.